The van der Waals surface area contributed by atoms with E-state index in [1.54, 1.807) is 93.1 Å². The van der Waals surface area contributed by atoms with Crippen LogP contribution in [-0.2, 0) is 25.6 Å². The molecule has 0 radical (unpaired) electrons. The molecule has 3 saturated heterocycles. The Hall–Kier alpha value is -12.4. The molecule has 3 fully saturated rings. The van der Waals surface area contributed by atoms with Gasteiger partial charge in [-0.15, -0.1) is 0 Å². The Morgan fingerprint density at radius 3 is 1.19 bits per heavy atom. The van der Waals surface area contributed by atoms with Crippen molar-refractivity contribution in [3.8, 4) is 73.8 Å². The van der Waals surface area contributed by atoms with Crippen molar-refractivity contribution in [3.63, 3.8) is 0 Å². The number of halogens is 6. The largest absolute Gasteiger partial charge is 0.507 e. The number of fused-ring (bicyclic) bond motifs is 15. The Bertz CT molecular complexity index is 7000. The number of amides is 4. The SMILES string of the molecule is C=CC(=O)N1CC2C(=O)N(C)c3c(c4cc(Cl)c(-c5c(O)cccc5Cl)nc4n(-c4c(C)ccnc4C(C)C)c3=O)N2CC1C.C=CC(=O)N1CC2CCOc3c(c4cc(Cl)c(-c5c(O)cccc5Cl)nc4n(-c4c(C)ccnc4C(C)C)c3=O)N2CC1C.C=CC(=O)N1CC2CCc3c(c4cc(Cl)c(-c5c(O)cccc5Cl)nc4n(-c4c(C)ccnc4C(C)C)c3=O)N2CC1C. The minimum atomic E-state index is -0.751. The third-order valence-corrected chi connectivity index (χ3v) is 27.6. The number of benzene rings is 3. The lowest BCUT2D eigenvalue weighted by Gasteiger charge is -2.49. The van der Waals surface area contributed by atoms with Crippen LogP contribution in [0.1, 0.15) is 132 Å². The van der Waals surface area contributed by atoms with Crippen molar-refractivity contribution in [3.05, 3.63) is 248 Å². The lowest BCUT2D eigenvalue weighted by Crippen LogP contribution is -2.66. The Morgan fingerprint density at radius 1 is 0.439 bits per heavy atom. The normalized spacial score (nSPS) is 18.0. The number of nitrogens with zero attached hydrogens (tertiary/aromatic N) is 16. The summed E-state index contributed by atoms with van der Waals surface area (Å²) in [5.74, 6) is -0.928. The molecule has 682 valence electrons. The highest BCUT2D eigenvalue weighted by Gasteiger charge is 2.48. The summed E-state index contributed by atoms with van der Waals surface area (Å²) in [5.41, 5.74) is 10.7. The molecule has 6 aliphatic heterocycles. The fraction of sp³-hybridized carbons (Fsp3) is 0.323. The van der Waals surface area contributed by atoms with Crippen LogP contribution < -0.4 is 41.0 Å². The van der Waals surface area contributed by atoms with Gasteiger partial charge < -0.3 is 54.4 Å². The molecule has 27 nitrogen and oxygen atoms in total. The zero-order chi connectivity index (χ0) is 94.7. The summed E-state index contributed by atoms with van der Waals surface area (Å²) in [4.78, 5) is 138. The number of anilines is 4. The summed E-state index contributed by atoms with van der Waals surface area (Å²) in [5, 5.41) is 35.8. The first-order valence-electron chi connectivity index (χ1n) is 43.6. The van der Waals surface area contributed by atoms with Crippen LogP contribution in [0, 0.1) is 20.8 Å². The number of phenols is 3. The van der Waals surface area contributed by atoms with Gasteiger partial charge in [-0.2, -0.15) is 0 Å². The highest BCUT2D eigenvalue weighted by molar-refractivity contribution is 6.39. The van der Waals surface area contributed by atoms with Gasteiger partial charge in [0.25, 0.3) is 17.0 Å². The maximum atomic E-state index is 14.8. The number of aromatic hydroxyl groups is 3. The maximum Gasteiger partial charge on any atom is 0.301 e. The second-order valence-corrected chi connectivity index (χ2v) is 37.6. The van der Waals surface area contributed by atoms with E-state index < -0.39 is 11.6 Å². The van der Waals surface area contributed by atoms with Gasteiger partial charge in [0.1, 0.15) is 34.6 Å². The number of phenolic OH excluding ortho intramolecular Hbond substituents is 3. The molecule has 18 rings (SSSR count). The number of carbonyl (C=O) groups is 4. The number of aromatic nitrogens is 9. The predicted octanol–water partition coefficient (Wildman–Crippen LogP) is 18.2. The maximum absolute atomic E-state index is 14.8. The van der Waals surface area contributed by atoms with Crippen molar-refractivity contribution < 1.29 is 39.2 Å². The van der Waals surface area contributed by atoms with E-state index in [0.29, 0.717) is 117 Å². The molecule has 3 aromatic carbocycles. The van der Waals surface area contributed by atoms with Crippen LogP contribution >= 0.6 is 69.6 Å². The average molecular weight is 1900 g/mol. The molecule has 132 heavy (non-hydrogen) atoms. The average Bonchev–Trinajstić information content (AvgIpc) is 0.821. The Labute approximate surface area is 792 Å². The third-order valence-electron chi connectivity index (χ3n) is 25.7. The molecule has 6 aliphatic rings. The molecule has 0 aliphatic carbocycles. The van der Waals surface area contributed by atoms with Crippen LogP contribution in [0.25, 0.3) is 83.9 Å². The molecule has 6 unspecified atom stereocenters. The first kappa shape index (κ1) is 92.9. The van der Waals surface area contributed by atoms with Crippen molar-refractivity contribution in [1.29, 1.82) is 0 Å². The van der Waals surface area contributed by atoms with E-state index in [9.17, 15) is 48.9 Å². The number of hydrogen-bond donors (Lipinski definition) is 3. The summed E-state index contributed by atoms with van der Waals surface area (Å²) in [6.45, 7) is 37.4. The highest BCUT2D eigenvalue weighted by Crippen LogP contribution is 2.51. The second kappa shape index (κ2) is 36.7. The Balaban J connectivity index is 0.000000144. The molecular weight excluding hydrogens is 1800 g/mol. The van der Waals surface area contributed by atoms with Crippen molar-refractivity contribution in [2.45, 2.75) is 156 Å². The van der Waals surface area contributed by atoms with Crippen molar-refractivity contribution in [1.82, 2.24) is 58.3 Å². The Kier molecular flexibility index (Phi) is 25.8. The molecule has 15 heterocycles. The number of rotatable bonds is 12. The van der Waals surface area contributed by atoms with Gasteiger partial charge in [-0.3, -0.25) is 62.2 Å². The first-order valence-corrected chi connectivity index (χ1v) is 45.9. The van der Waals surface area contributed by atoms with Crippen LogP contribution in [0.15, 0.2) is 162 Å². The fourth-order valence-corrected chi connectivity index (χ4v) is 20.9. The van der Waals surface area contributed by atoms with Crippen LogP contribution in [0.2, 0.25) is 30.1 Å². The topological polar surface area (TPSA) is 304 Å². The van der Waals surface area contributed by atoms with E-state index in [-0.39, 0.29) is 190 Å². The lowest BCUT2D eigenvalue weighted by atomic mass is 9.91. The van der Waals surface area contributed by atoms with Crippen LogP contribution in [0.4, 0.5) is 22.7 Å². The van der Waals surface area contributed by atoms with Gasteiger partial charge in [0.05, 0.1) is 134 Å². The van der Waals surface area contributed by atoms with Crippen LogP contribution in [0.5, 0.6) is 23.0 Å². The van der Waals surface area contributed by atoms with Gasteiger partial charge in [0, 0.05) is 111 Å². The lowest BCUT2D eigenvalue weighted by molar-refractivity contribution is -0.131. The molecule has 4 amide bonds. The van der Waals surface area contributed by atoms with E-state index in [1.165, 1.54) is 45.9 Å². The molecule has 33 heteroatoms. The molecule has 9 aromatic heterocycles. The third kappa shape index (κ3) is 16.0. The quantitative estimate of drug-likeness (QED) is 0.0957. The first-order chi connectivity index (χ1) is 62.9. The molecule has 0 bridgehead atoms. The minimum absolute atomic E-state index is 0.00772. The fourth-order valence-electron chi connectivity index (χ4n) is 19.4. The van der Waals surface area contributed by atoms with Crippen molar-refractivity contribution >= 4 is 149 Å². The smallest absolute Gasteiger partial charge is 0.301 e. The number of hydrogen-bond acceptors (Lipinski definition) is 20. The van der Waals surface area contributed by atoms with Gasteiger partial charge >= 0.3 is 5.56 Å². The van der Waals surface area contributed by atoms with Gasteiger partial charge in [0.15, 0.2) is 11.3 Å². The molecular formula is C99H98Cl6N16O11. The van der Waals surface area contributed by atoms with Crippen LogP contribution in [0.3, 0.4) is 0 Å². The van der Waals surface area contributed by atoms with Gasteiger partial charge in [0.2, 0.25) is 23.5 Å². The summed E-state index contributed by atoms with van der Waals surface area (Å²) < 4.78 is 11.0. The number of aryl methyl sites for hydroxylation is 3. The number of ether oxygens (including phenoxy) is 1. The van der Waals surface area contributed by atoms with Gasteiger partial charge in [-0.05, 0) is 180 Å². The molecule has 3 N–H and O–H groups in total. The van der Waals surface area contributed by atoms with E-state index >= 15 is 0 Å². The predicted molar refractivity (Wildman–Crippen MR) is 523 cm³/mol. The summed E-state index contributed by atoms with van der Waals surface area (Å²) in [7, 11) is 1.57. The molecule has 0 saturated carbocycles. The van der Waals surface area contributed by atoms with Gasteiger partial charge in [-0.1, -0.05) is 149 Å². The summed E-state index contributed by atoms with van der Waals surface area (Å²) in [6, 6.07) is 23.8. The van der Waals surface area contributed by atoms with E-state index in [0.717, 1.165) is 40.2 Å². The van der Waals surface area contributed by atoms with E-state index in [4.69, 9.17) is 89.3 Å². The highest BCUT2D eigenvalue weighted by atomic mass is 35.5. The number of likely N-dealkylation sites (N-methyl/N-ethyl adjacent to an activating group) is 1. The molecule has 12 aromatic rings. The summed E-state index contributed by atoms with van der Waals surface area (Å²) in [6.07, 6.45) is 11.0. The van der Waals surface area contributed by atoms with E-state index in [2.05, 4.69) is 44.5 Å². The van der Waals surface area contributed by atoms with Crippen molar-refractivity contribution in [2.24, 2.45) is 0 Å². The van der Waals surface area contributed by atoms with Crippen LogP contribution in [-0.4, -0.2) is 186 Å². The standard InChI is InChI=1S/C33H32Cl2N6O4.C33H33Cl2N5O4.C33H33Cl2N5O3/c1-7-24(43)39-15-22-32(44)38(6)30-29(40(22)14-18(39)5)19-13-21(35)27(25-20(34)9-8-10-23(25)42)37-31(19)41(33(30)45)28-17(4)11-12-36-26(28)16(2)3;1-6-25(42)38-16-20-11-13-44-31-30(39(20)15-19(38)5)21-14-23(35)28(26-22(34)8-7-9-24(26)41)37-32(21)40(33(31)43)29-18(4)10-12-36-27(29)17(2)3;1-6-26(42)38-16-20-10-11-21-31(39(20)15-19(38)5)22-14-24(35)29(27-23(34)8-7-9-25(27)41)37-32(22)40(33(21)43)30-18(4)12-13-36-28(30)17(2)3/h7-13,16,18,22,42H,1,14-15H2,2-6H3;6-10,12,14,17,19-20,41H,1,11,13,15-16H2,2-5H3;6-9,12-14,17,19-20,41H,1,10-11,15-16H2,2-5H3. The monoisotopic (exact) mass is 1900 g/mol. The number of piperazine rings is 3. The second-order valence-electron chi connectivity index (χ2n) is 35.1. The van der Waals surface area contributed by atoms with E-state index in [1.807, 2.05) is 117 Å². The number of pyridine rings is 9. The summed E-state index contributed by atoms with van der Waals surface area (Å²) >= 11 is 40.5. The minimum Gasteiger partial charge on any atom is -0.507 e. The zero-order valence-corrected chi connectivity index (χ0v) is 79.6. The van der Waals surface area contributed by atoms with Gasteiger partial charge in [-0.25, -0.2) is 15.0 Å². The zero-order valence-electron chi connectivity index (χ0n) is 75.0. The molecule has 6 atom stereocenters. The Morgan fingerprint density at radius 2 is 0.795 bits per heavy atom. The molecule has 0 spiro atoms. The van der Waals surface area contributed by atoms with Crippen molar-refractivity contribution in [2.75, 3.05) is 72.5 Å². The number of carbonyl (C=O) groups excluding carboxylic acids is 4.